The Morgan fingerprint density at radius 1 is 1.47 bits per heavy atom. The van der Waals surface area contributed by atoms with Gasteiger partial charge in [0.05, 0.1) is 10.6 Å². The van der Waals surface area contributed by atoms with E-state index in [1.807, 2.05) is 0 Å². The molecule has 0 aliphatic heterocycles. The van der Waals surface area contributed by atoms with Gasteiger partial charge in [-0.05, 0) is 30.4 Å². The van der Waals surface area contributed by atoms with Gasteiger partial charge in [0.1, 0.15) is 0 Å². The molecule has 2 N–H and O–H groups in total. The number of tetrazole rings is 1. The van der Waals surface area contributed by atoms with Crippen LogP contribution in [-0.4, -0.2) is 33.2 Å². The monoisotopic (exact) mass is 282 g/mol. The third-order valence-corrected chi connectivity index (χ3v) is 2.96. The molecule has 0 radical (unpaired) electrons. The van der Waals surface area contributed by atoms with Gasteiger partial charge < -0.3 is 1.43 Å². The van der Waals surface area contributed by atoms with Crippen LogP contribution in [0, 0.1) is 4.77 Å². The Morgan fingerprint density at radius 2 is 2.18 bits per heavy atom. The molecular formula is C7H7N4NaO3S2. The molecular weight excluding hydrogens is 275 g/mol. The maximum absolute atomic E-state index is 10.9. The van der Waals surface area contributed by atoms with Crippen molar-refractivity contribution in [2.24, 2.45) is 0 Å². The molecule has 0 bridgehead atoms. The molecule has 0 fully saturated rings. The predicted octanol–water partition coefficient (Wildman–Crippen LogP) is -2.31. The van der Waals surface area contributed by atoms with Crippen LogP contribution in [0.5, 0.6) is 0 Å². The topological polar surface area (TPSA) is 101 Å². The number of hydrogen-bond donors (Lipinski definition) is 2. The summed E-state index contributed by atoms with van der Waals surface area (Å²) in [6.07, 6.45) is 0. The van der Waals surface area contributed by atoms with Crippen molar-refractivity contribution in [2.75, 3.05) is 0 Å². The summed E-state index contributed by atoms with van der Waals surface area (Å²) in [5, 5.41) is 9.48. The molecule has 2 rings (SSSR count). The Bertz CT molecular complexity index is 684. The van der Waals surface area contributed by atoms with Gasteiger partial charge in [-0.1, -0.05) is 16.4 Å². The van der Waals surface area contributed by atoms with Gasteiger partial charge in [-0.15, -0.1) is 0 Å². The van der Waals surface area contributed by atoms with Crippen molar-refractivity contribution in [3.8, 4) is 5.69 Å². The largest absolute Gasteiger partial charge is 1.00 e. The number of hydrogen-bond acceptors (Lipinski definition) is 5. The molecule has 0 amide bonds. The van der Waals surface area contributed by atoms with Crippen LogP contribution in [0.15, 0.2) is 29.2 Å². The summed E-state index contributed by atoms with van der Waals surface area (Å²) < 4.78 is 32.2. The molecule has 0 saturated carbocycles. The average Bonchev–Trinajstić information content (AvgIpc) is 2.63. The molecule has 0 saturated heterocycles. The summed E-state index contributed by atoms with van der Waals surface area (Å²) in [6, 6.07) is 5.60. The van der Waals surface area contributed by atoms with Gasteiger partial charge >= 0.3 is 29.6 Å². The fourth-order valence-corrected chi connectivity index (χ4v) is 1.86. The Hall–Kier alpha value is -0.580. The molecule has 0 aliphatic carbocycles. The zero-order chi connectivity index (χ0) is 11.8. The molecule has 0 atom stereocenters. The van der Waals surface area contributed by atoms with Crippen molar-refractivity contribution in [1.29, 1.82) is 0 Å². The third-order valence-electron chi connectivity index (χ3n) is 1.85. The number of nitrogens with zero attached hydrogens (tertiary/aromatic N) is 3. The van der Waals surface area contributed by atoms with Crippen LogP contribution < -0.4 is 29.6 Å². The van der Waals surface area contributed by atoms with Crippen LogP contribution >= 0.6 is 12.2 Å². The van der Waals surface area contributed by atoms with E-state index in [4.69, 9.17) is 16.8 Å². The van der Waals surface area contributed by atoms with Crippen LogP contribution in [0.2, 0.25) is 0 Å². The van der Waals surface area contributed by atoms with E-state index in [1.165, 1.54) is 22.9 Å². The molecule has 17 heavy (non-hydrogen) atoms. The molecule has 7 nitrogen and oxygen atoms in total. The summed E-state index contributed by atoms with van der Waals surface area (Å²) in [6.45, 7) is 0. The van der Waals surface area contributed by atoms with Gasteiger partial charge in [0.2, 0.25) is 4.77 Å². The van der Waals surface area contributed by atoms with Gasteiger partial charge in [0.15, 0.2) is 0 Å². The molecule has 10 heteroatoms. The van der Waals surface area contributed by atoms with E-state index in [9.17, 15) is 8.42 Å². The number of benzene rings is 1. The number of aromatic nitrogens is 4. The van der Waals surface area contributed by atoms with E-state index in [2.05, 4.69) is 15.5 Å². The average molecular weight is 282 g/mol. The van der Waals surface area contributed by atoms with Crippen LogP contribution in [0.25, 0.3) is 5.69 Å². The molecule has 0 aliphatic rings. The van der Waals surface area contributed by atoms with Crippen LogP contribution in [0.3, 0.4) is 0 Å². The Balaban J connectivity index is 0.00000144. The first-order chi connectivity index (χ1) is 7.48. The fourth-order valence-electron chi connectivity index (χ4n) is 1.15. The van der Waals surface area contributed by atoms with Gasteiger partial charge in [0.25, 0.3) is 10.1 Å². The van der Waals surface area contributed by atoms with Crippen LogP contribution in [0.4, 0.5) is 0 Å². The predicted molar refractivity (Wildman–Crippen MR) is 57.5 cm³/mol. The Morgan fingerprint density at radius 3 is 2.71 bits per heavy atom. The van der Waals surface area contributed by atoms with Crippen molar-refractivity contribution < 1.29 is 44.0 Å². The van der Waals surface area contributed by atoms with Crippen molar-refractivity contribution in [2.45, 2.75) is 4.90 Å². The summed E-state index contributed by atoms with van der Waals surface area (Å²) >= 11 is 4.85. The number of H-pyrrole nitrogens is 1. The molecule has 2 aromatic rings. The van der Waals surface area contributed by atoms with Crippen molar-refractivity contribution in [1.82, 2.24) is 20.2 Å². The minimum absolute atomic E-state index is 0. The SMILES string of the molecule is O=S(=O)(O)c1cccc(-n2[nH]nnc2=S)c1.[H-].[Na+]. The van der Waals surface area contributed by atoms with Gasteiger partial charge in [0, 0.05) is 0 Å². The first-order valence-electron chi connectivity index (χ1n) is 4.06. The first kappa shape index (κ1) is 14.5. The minimum atomic E-state index is -4.23. The minimum Gasteiger partial charge on any atom is -1.00 e. The standard InChI is InChI=1S/C7H6N4O3S2.Na.H/c12-16(13,14)6-3-1-2-5(4-6)11-7(15)8-9-10-11;;/h1-4H,(H,8,10,15)(H,12,13,14);;/q;+1;-1. The van der Waals surface area contributed by atoms with E-state index < -0.39 is 10.1 Å². The van der Waals surface area contributed by atoms with Crippen LogP contribution in [0.1, 0.15) is 1.43 Å². The first-order valence-corrected chi connectivity index (χ1v) is 5.91. The van der Waals surface area contributed by atoms with Crippen molar-refractivity contribution >= 4 is 22.3 Å². The summed E-state index contributed by atoms with van der Waals surface area (Å²) in [7, 11) is -4.23. The number of nitrogens with one attached hydrogen (secondary N) is 1. The zero-order valence-corrected chi connectivity index (χ0v) is 12.4. The van der Waals surface area contributed by atoms with Gasteiger partial charge in [-0.2, -0.15) is 13.6 Å². The van der Waals surface area contributed by atoms with E-state index in [0.717, 1.165) is 0 Å². The number of aromatic amines is 1. The molecule has 1 aromatic carbocycles. The third kappa shape index (κ3) is 3.21. The molecule has 1 heterocycles. The smallest absolute Gasteiger partial charge is 1.00 e. The summed E-state index contributed by atoms with van der Waals surface area (Å²) in [4.78, 5) is -0.221. The van der Waals surface area contributed by atoms with E-state index in [0.29, 0.717) is 5.69 Å². The number of rotatable bonds is 2. The Kier molecular flexibility index (Phi) is 4.58. The second-order valence-electron chi connectivity index (χ2n) is 2.89. The quantitative estimate of drug-likeness (QED) is 0.364. The molecule has 1 aromatic heterocycles. The van der Waals surface area contributed by atoms with E-state index >= 15 is 0 Å². The molecule has 86 valence electrons. The maximum atomic E-state index is 10.9. The second-order valence-corrected chi connectivity index (χ2v) is 4.68. The van der Waals surface area contributed by atoms with Gasteiger partial charge in [-0.3, -0.25) is 4.55 Å². The molecule has 0 unspecified atom stereocenters. The maximum Gasteiger partial charge on any atom is 1.00 e. The van der Waals surface area contributed by atoms with E-state index in [1.54, 1.807) is 6.07 Å². The Labute approximate surface area is 125 Å². The zero-order valence-electron chi connectivity index (χ0n) is 9.73. The van der Waals surface area contributed by atoms with E-state index in [-0.39, 0.29) is 40.7 Å². The summed E-state index contributed by atoms with van der Waals surface area (Å²) in [5.74, 6) is 0. The molecule has 0 spiro atoms. The second kappa shape index (κ2) is 5.38. The van der Waals surface area contributed by atoms with Crippen molar-refractivity contribution in [3.05, 3.63) is 29.0 Å². The van der Waals surface area contributed by atoms with Gasteiger partial charge in [-0.25, -0.2) is 4.68 Å². The fraction of sp³-hybridized carbons (Fsp3) is 0. The normalized spacial score (nSPS) is 10.9. The van der Waals surface area contributed by atoms with Crippen LogP contribution in [-0.2, 0) is 10.1 Å². The van der Waals surface area contributed by atoms with Crippen molar-refractivity contribution in [3.63, 3.8) is 0 Å². The summed E-state index contributed by atoms with van der Waals surface area (Å²) in [5.41, 5.74) is 0.421.